The van der Waals surface area contributed by atoms with Crippen molar-refractivity contribution in [2.75, 3.05) is 32.7 Å². The zero-order chi connectivity index (χ0) is 14.4. The molecule has 0 spiro atoms. The Morgan fingerprint density at radius 1 is 1.35 bits per heavy atom. The average molecular weight is 278 g/mol. The third-order valence-electron chi connectivity index (χ3n) is 3.40. The van der Waals surface area contributed by atoms with Gasteiger partial charge in [0.2, 0.25) is 5.91 Å². The largest absolute Gasteiger partial charge is 0.344 e. The van der Waals surface area contributed by atoms with E-state index in [9.17, 15) is 9.59 Å². The molecule has 1 aromatic rings. The average Bonchev–Trinajstić information content (AvgIpc) is 2.94. The maximum absolute atomic E-state index is 12.1. The Balaban J connectivity index is 1.85. The van der Waals surface area contributed by atoms with Crippen LogP contribution in [0.25, 0.3) is 0 Å². The van der Waals surface area contributed by atoms with Crippen molar-refractivity contribution in [3.63, 3.8) is 0 Å². The van der Waals surface area contributed by atoms with Gasteiger partial charge in [-0.1, -0.05) is 6.92 Å². The molecule has 0 radical (unpaired) electrons. The number of piperazine rings is 1. The van der Waals surface area contributed by atoms with Gasteiger partial charge in [0.05, 0.1) is 6.54 Å². The maximum atomic E-state index is 12.1. The lowest BCUT2D eigenvalue weighted by Crippen LogP contribution is -2.49. The molecule has 0 atom stereocenters. The van der Waals surface area contributed by atoms with E-state index in [4.69, 9.17) is 0 Å². The van der Waals surface area contributed by atoms with E-state index >= 15 is 0 Å². The van der Waals surface area contributed by atoms with Gasteiger partial charge in [0.25, 0.3) is 5.91 Å². The second-order valence-corrected chi connectivity index (χ2v) is 4.90. The van der Waals surface area contributed by atoms with Crippen LogP contribution in [0, 0.1) is 0 Å². The molecule has 20 heavy (non-hydrogen) atoms. The molecule has 0 saturated carbocycles. The van der Waals surface area contributed by atoms with Crippen molar-refractivity contribution in [1.29, 1.82) is 0 Å². The van der Waals surface area contributed by atoms with Crippen molar-refractivity contribution in [3.8, 4) is 0 Å². The van der Waals surface area contributed by atoms with E-state index in [2.05, 4.69) is 17.6 Å². The number of nitrogens with one attached hydrogen (secondary N) is 2. The Kier molecular flexibility index (Phi) is 5.17. The first-order valence-corrected chi connectivity index (χ1v) is 7.14. The molecule has 1 aliphatic heterocycles. The number of carbonyl (C=O) groups is 2. The molecule has 0 aliphatic carbocycles. The Labute approximate surface area is 119 Å². The highest BCUT2D eigenvalue weighted by molar-refractivity contribution is 5.95. The third kappa shape index (κ3) is 3.60. The third-order valence-corrected chi connectivity index (χ3v) is 3.40. The van der Waals surface area contributed by atoms with Crippen LogP contribution in [-0.2, 0) is 11.3 Å². The molecule has 1 saturated heterocycles. The standard InChI is InChI=1S/C14H22N4O2/c1-2-7-17-8-3-4-12(17)14(20)16-11-13(19)18-9-5-15-6-10-18/h3-4,8,15H,2,5-7,9-11H2,1H3,(H,16,20). The molecule has 0 bridgehead atoms. The van der Waals surface area contributed by atoms with Crippen molar-refractivity contribution in [2.45, 2.75) is 19.9 Å². The summed E-state index contributed by atoms with van der Waals surface area (Å²) in [6, 6.07) is 3.63. The molecule has 6 nitrogen and oxygen atoms in total. The van der Waals surface area contributed by atoms with E-state index in [0.717, 1.165) is 26.1 Å². The van der Waals surface area contributed by atoms with Crippen molar-refractivity contribution < 1.29 is 9.59 Å². The van der Waals surface area contributed by atoms with Gasteiger partial charge in [0.1, 0.15) is 5.69 Å². The fraction of sp³-hybridized carbons (Fsp3) is 0.571. The van der Waals surface area contributed by atoms with Gasteiger partial charge >= 0.3 is 0 Å². The second-order valence-electron chi connectivity index (χ2n) is 4.90. The van der Waals surface area contributed by atoms with Crippen molar-refractivity contribution in [2.24, 2.45) is 0 Å². The molecule has 1 aromatic heterocycles. The van der Waals surface area contributed by atoms with Crippen LogP contribution in [0.4, 0.5) is 0 Å². The first-order valence-electron chi connectivity index (χ1n) is 7.14. The van der Waals surface area contributed by atoms with Crippen LogP contribution < -0.4 is 10.6 Å². The molecule has 1 fully saturated rings. The number of hydrogen-bond acceptors (Lipinski definition) is 3. The second kappa shape index (κ2) is 7.09. The molecule has 1 aliphatic rings. The van der Waals surface area contributed by atoms with Gasteiger partial charge < -0.3 is 20.1 Å². The molecular formula is C14H22N4O2. The Bertz CT molecular complexity index is 463. The number of nitrogens with zero attached hydrogens (tertiary/aromatic N) is 2. The van der Waals surface area contributed by atoms with E-state index in [1.54, 1.807) is 11.0 Å². The van der Waals surface area contributed by atoms with Gasteiger partial charge in [-0.3, -0.25) is 9.59 Å². The fourth-order valence-corrected chi connectivity index (χ4v) is 2.33. The normalized spacial score (nSPS) is 15.2. The summed E-state index contributed by atoms with van der Waals surface area (Å²) in [6.07, 6.45) is 2.85. The van der Waals surface area contributed by atoms with E-state index < -0.39 is 0 Å². The van der Waals surface area contributed by atoms with Crippen LogP contribution in [0.5, 0.6) is 0 Å². The minimum Gasteiger partial charge on any atom is -0.344 e. The summed E-state index contributed by atoms with van der Waals surface area (Å²) in [5.74, 6) is -0.208. The predicted molar refractivity (Wildman–Crippen MR) is 76.5 cm³/mol. The number of hydrogen-bond donors (Lipinski definition) is 2. The Morgan fingerprint density at radius 3 is 2.80 bits per heavy atom. The smallest absolute Gasteiger partial charge is 0.268 e. The molecule has 2 heterocycles. The topological polar surface area (TPSA) is 66.4 Å². The summed E-state index contributed by atoms with van der Waals surface area (Å²) >= 11 is 0. The lowest BCUT2D eigenvalue weighted by molar-refractivity contribution is -0.130. The van der Waals surface area contributed by atoms with E-state index in [-0.39, 0.29) is 18.4 Å². The van der Waals surface area contributed by atoms with Gasteiger partial charge in [0, 0.05) is 38.9 Å². The van der Waals surface area contributed by atoms with E-state index in [1.807, 2.05) is 16.8 Å². The first-order chi connectivity index (χ1) is 9.72. The van der Waals surface area contributed by atoms with Crippen LogP contribution in [-0.4, -0.2) is 54.0 Å². The molecule has 2 rings (SSSR count). The van der Waals surface area contributed by atoms with Crippen LogP contribution in [0.15, 0.2) is 18.3 Å². The van der Waals surface area contributed by atoms with Crippen molar-refractivity contribution in [3.05, 3.63) is 24.0 Å². The summed E-state index contributed by atoms with van der Waals surface area (Å²) in [6.45, 7) is 5.99. The monoisotopic (exact) mass is 278 g/mol. The quantitative estimate of drug-likeness (QED) is 0.800. The van der Waals surface area contributed by atoms with E-state index in [1.165, 1.54) is 0 Å². The minimum absolute atomic E-state index is 0.0200. The van der Waals surface area contributed by atoms with Gasteiger partial charge in [-0.2, -0.15) is 0 Å². The summed E-state index contributed by atoms with van der Waals surface area (Å²) in [5, 5.41) is 5.90. The van der Waals surface area contributed by atoms with Crippen LogP contribution in [0.1, 0.15) is 23.8 Å². The van der Waals surface area contributed by atoms with E-state index in [0.29, 0.717) is 18.8 Å². The van der Waals surface area contributed by atoms with Gasteiger partial charge in [-0.25, -0.2) is 0 Å². The van der Waals surface area contributed by atoms with Crippen molar-refractivity contribution >= 4 is 11.8 Å². The summed E-state index contributed by atoms with van der Waals surface area (Å²) in [5.41, 5.74) is 0.611. The molecule has 2 N–H and O–H groups in total. The number of rotatable bonds is 5. The minimum atomic E-state index is -0.188. The highest BCUT2D eigenvalue weighted by Crippen LogP contribution is 2.03. The predicted octanol–water partition coefficient (Wildman–Crippen LogP) is 0.0597. The lowest BCUT2D eigenvalue weighted by atomic mass is 10.3. The summed E-state index contributed by atoms with van der Waals surface area (Å²) in [7, 11) is 0. The number of carbonyl (C=O) groups excluding carboxylic acids is 2. The van der Waals surface area contributed by atoms with Gasteiger partial charge in [-0.05, 0) is 18.6 Å². The molecule has 110 valence electrons. The molecular weight excluding hydrogens is 256 g/mol. The number of aromatic nitrogens is 1. The zero-order valence-corrected chi connectivity index (χ0v) is 11.9. The molecule has 2 amide bonds. The van der Waals surface area contributed by atoms with Gasteiger partial charge in [-0.15, -0.1) is 0 Å². The number of aryl methyl sites for hydroxylation is 1. The Morgan fingerprint density at radius 2 is 2.10 bits per heavy atom. The molecule has 0 unspecified atom stereocenters. The molecule has 0 aromatic carbocycles. The molecule has 6 heteroatoms. The van der Waals surface area contributed by atoms with Gasteiger partial charge in [0.15, 0.2) is 0 Å². The van der Waals surface area contributed by atoms with Crippen LogP contribution in [0.2, 0.25) is 0 Å². The van der Waals surface area contributed by atoms with Crippen LogP contribution in [0.3, 0.4) is 0 Å². The summed E-state index contributed by atoms with van der Waals surface area (Å²) < 4.78 is 1.91. The summed E-state index contributed by atoms with van der Waals surface area (Å²) in [4.78, 5) is 25.8. The zero-order valence-electron chi connectivity index (χ0n) is 11.9. The highest BCUT2D eigenvalue weighted by Gasteiger charge is 2.17. The fourth-order valence-electron chi connectivity index (χ4n) is 2.33. The van der Waals surface area contributed by atoms with Crippen LogP contribution >= 0.6 is 0 Å². The highest BCUT2D eigenvalue weighted by atomic mass is 16.2. The number of amides is 2. The SMILES string of the molecule is CCCn1cccc1C(=O)NCC(=O)N1CCNCC1. The van der Waals surface area contributed by atoms with Crippen molar-refractivity contribution in [1.82, 2.24) is 20.1 Å². The maximum Gasteiger partial charge on any atom is 0.268 e. The Hall–Kier alpha value is -1.82. The lowest BCUT2D eigenvalue weighted by Gasteiger charge is -2.27. The first kappa shape index (κ1) is 14.6.